The van der Waals surface area contributed by atoms with E-state index in [-0.39, 0.29) is 11.6 Å². The van der Waals surface area contributed by atoms with Crippen LogP contribution in [0.15, 0.2) is 18.2 Å². The highest BCUT2D eigenvalue weighted by molar-refractivity contribution is 5.98. The van der Waals surface area contributed by atoms with Gasteiger partial charge in [0, 0.05) is 19.2 Å². The number of amides is 1. The fraction of sp³-hybridized carbons (Fsp3) is 0.417. The van der Waals surface area contributed by atoms with Gasteiger partial charge in [-0.1, -0.05) is 13.0 Å². The number of hydrogen-bond acceptors (Lipinski definition) is 4. The van der Waals surface area contributed by atoms with Crippen molar-refractivity contribution in [3.63, 3.8) is 0 Å². The Morgan fingerprint density at radius 2 is 2.17 bits per heavy atom. The van der Waals surface area contributed by atoms with E-state index in [4.69, 9.17) is 0 Å². The van der Waals surface area contributed by atoms with Gasteiger partial charge in [-0.05, 0) is 19.4 Å². The van der Waals surface area contributed by atoms with Crippen LogP contribution in [0.4, 0.5) is 5.69 Å². The van der Waals surface area contributed by atoms with Crippen molar-refractivity contribution >= 4 is 11.6 Å². The summed E-state index contributed by atoms with van der Waals surface area (Å²) in [6, 6.07) is 3.92. The zero-order valence-corrected chi connectivity index (χ0v) is 10.6. The highest BCUT2D eigenvalue weighted by atomic mass is 16.6. The molecule has 0 spiro atoms. The van der Waals surface area contributed by atoms with Crippen LogP contribution in [0.3, 0.4) is 0 Å². The van der Waals surface area contributed by atoms with E-state index in [0.717, 1.165) is 12.5 Å². The second-order valence-corrected chi connectivity index (χ2v) is 4.10. The van der Waals surface area contributed by atoms with E-state index in [1.54, 1.807) is 7.05 Å². The predicted molar refractivity (Wildman–Crippen MR) is 66.6 cm³/mol. The Balaban J connectivity index is 3.14. The summed E-state index contributed by atoms with van der Waals surface area (Å²) in [6.45, 7) is 3.80. The lowest BCUT2D eigenvalue weighted by Crippen LogP contribution is -2.34. The highest BCUT2D eigenvalue weighted by Gasteiger charge is 2.24. The van der Waals surface area contributed by atoms with Crippen LogP contribution in [0.25, 0.3) is 0 Å². The van der Waals surface area contributed by atoms with Crippen molar-refractivity contribution in [3.8, 4) is 5.75 Å². The number of hydrogen-bond donors (Lipinski definition) is 1. The van der Waals surface area contributed by atoms with E-state index in [9.17, 15) is 20.0 Å². The number of carbonyl (C=O) groups excluding carboxylic acids is 1. The molecule has 0 saturated heterocycles. The van der Waals surface area contributed by atoms with E-state index in [1.807, 2.05) is 13.8 Å². The number of para-hydroxylation sites is 1. The Hall–Kier alpha value is -2.11. The number of nitro groups is 1. The van der Waals surface area contributed by atoms with Crippen molar-refractivity contribution < 1.29 is 14.8 Å². The van der Waals surface area contributed by atoms with Gasteiger partial charge in [0.15, 0.2) is 0 Å². The van der Waals surface area contributed by atoms with Crippen LogP contribution < -0.4 is 0 Å². The van der Waals surface area contributed by atoms with Crippen LogP contribution in [0.2, 0.25) is 0 Å². The Kier molecular flexibility index (Phi) is 4.25. The highest BCUT2D eigenvalue weighted by Crippen LogP contribution is 2.30. The van der Waals surface area contributed by atoms with Gasteiger partial charge >= 0.3 is 5.69 Å². The monoisotopic (exact) mass is 252 g/mol. The zero-order valence-electron chi connectivity index (χ0n) is 10.6. The smallest absolute Gasteiger partial charge is 0.311 e. The van der Waals surface area contributed by atoms with Gasteiger partial charge in [-0.3, -0.25) is 14.9 Å². The minimum Gasteiger partial charge on any atom is -0.502 e. The maximum Gasteiger partial charge on any atom is 0.311 e. The number of nitrogens with zero attached hydrogens (tertiary/aromatic N) is 2. The maximum atomic E-state index is 12.1. The second kappa shape index (κ2) is 5.48. The van der Waals surface area contributed by atoms with Crippen molar-refractivity contribution in [3.05, 3.63) is 33.9 Å². The van der Waals surface area contributed by atoms with Crippen molar-refractivity contribution in [2.24, 2.45) is 0 Å². The molecule has 1 amide bonds. The predicted octanol–water partition coefficient (Wildman–Crippen LogP) is 2.17. The van der Waals surface area contributed by atoms with Crippen LogP contribution in [-0.4, -0.2) is 33.9 Å². The second-order valence-electron chi connectivity index (χ2n) is 4.10. The van der Waals surface area contributed by atoms with Gasteiger partial charge < -0.3 is 10.0 Å². The Labute approximate surface area is 105 Å². The fourth-order valence-electron chi connectivity index (χ4n) is 1.52. The minimum atomic E-state index is -0.713. The maximum absolute atomic E-state index is 12.1. The number of benzene rings is 1. The molecule has 1 atom stereocenters. The normalized spacial score (nSPS) is 11.9. The zero-order chi connectivity index (χ0) is 13.9. The van der Waals surface area contributed by atoms with E-state index in [2.05, 4.69) is 0 Å². The number of rotatable bonds is 4. The summed E-state index contributed by atoms with van der Waals surface area (Å²) in [5.74, 6) is -1.01. The summed E-state index contributed by atoms with van der Waals surface area (Å²) < 4.78 is 0. The summed E-state index contributed by atoms with van der Waals surface area (Å²) in [4.78, 5) is 23.5. The molecule has 1 aromatic rings. The molecule has 0 aliphatic rings. The molecule has 1 N–H and O–H groups in total. The van der Waals surface area contributed by atoms with Crippen LogP contribution in [0.1, 0.15) is 30.6 Å². The van der Waals surface area contributed by atoms with Gasteiger partial charge in [0.1, 0.15) is 0 Å². The van der Waals surface area contributed by atoms with Gasteiger partial charge in [0.2, 0.25) is 5.75 Å². The lowest BCUT2D eigenvalue weighted by atomic mass is 10.1. The van der Waals surface area contributed by atoms with E-state index >= 15 is 0 Å². The molecule has 18 heavy (non-hydrogen) atoms. The third-order valence-electron chi connectivity index (χ3n) is 3.01. The molecule has 0 aliphatic heterocycles. The van der Waals surface area contributed by atoms with Crippen molar-refractivity contribution in [2.45, 2.75) is 26.3 Å². The van der Waals surface area contributed by atoms with Crippen molar-refractivity contribution in [2.75, 3.05) is 7.05 Å². The number of carbonyl (C=O) groups is 1. The Bertz CT molecular complexity index is 473. The topological polar surface area (TPSA) is 83.7 Å². The molecule has 6 nitrogen and oxygen atoms in total. The van der Waals surface area contributed by atoms with Crippen molar-refractivity contribution in [1.82, 2.24) is 4.90 Å². The summed E-state index contributed by atoms with van der Waals surface area (Å²) in [5, 5.41) is 20.4. The number of aromatic hydroxyl groups is 1. The Morgan fingerprint density at radius 3 is 2.67 bits per heavy atom. The largest absolute Gasteiger partial charge is 0.502 e. The first-order chi connectivity index (χ1) is 8.40. The lowest BCUT2D eigenvalue weighted by Gasteiger charge is -2.24. The fourth-order valence-corrected chi connectivity index (χ4v) is 1.52. The SMILES string of the molecule is CCC(C)N(C)C(=O)c1cccc([N+](=O)[O-])c1O. The van der Waals surface area contributed by atoms with Crippen LogP contribution in [0.5, 0.6) is 5.75 Å². The van der Waals surface area contributed by atoms with Crippen LogP contribution in [0, 0.1) is 10.1 Å². The molecule has 0 fully saturated rings. The first-order valence-corrected chi connectivity index (χ1v) is 5.63. The van der Waals surface area contributed by atoms with Gasteiger partial charge in [-0.2, -0.15) is 0 Å². The first-order valence-electron chi connectivity index (χ1n) is 5.63. The van der Waals surface area contributed by atoms with Crippen LogP contribution in [-0.2, 0) is 0 Å². The molecule has 0 saturated carbocycles. The van der Waals surface area contributed by atoms with Crippen LogP contribution >= 0.6 is 0 Å². The molecule has 1 unspecified atom stereocenters. The van der Waals surface area contributed by atoms with Gasteiger partial charge in [-0.15, -0.1) is 0 Å². The van der Waals surface area contributed by atoms with Gasteiger partial charge in [0.25, 0.3) is 5.91 Å². The number of phenols is 1. The molecule has 1 aromatic carbocycles. The Morgan fingerprint density at radius 1 is 1.56 bits per heavy atom. The quantitative estimate of drug-likeness (QED) is 0.657. The third kappa shape index (κ3) is 2.58. The molecule has 0 heterocycles. The molecule has 6 heteroatoms. The molecule has 0 radical (unpaired) electrons. The van der Waals surface area contributed by atoms with Gasteiger partial charge in [0.05, 0.1) is 10.5 Å². The molecular formula is C12H16N2O4. The minimum absolute atomic E-state index is 0.00355. The molecule has 0 aromatic heterocycles. The molecule has 0 aliphatic carbocycles. The van der Waals surface area contributed by atoms with E-state index in [0.29, 0.717) is 0 Å². The summed E-state index contributed by atoms with van der Waals surface area (Å²) >= 11 is 0. The summed E-state index contributed by atoms with van der Waals surface area (Å²) in [6.07, 6.45) is 0.762. The molecule has 98 valence electrons. The summed E-state index contributed by atoms with van der Waals surface area (Å²) in [7, 11) is 1.61. The molecule has 0 bridgehead atoms. The first kappa shape index (κ1) is 14.0. The van der Waals surface area contributed by atoms with E-state index in [1.165, 1.54) is 17.0 Å². The summed E-state index contributed by atoms with van der Waals surface area (Å²) in [5.41, 5.74) is -0.509. The number of nitro benzene ring substituents is 1. The number of phenolic OH excluding ortho intramolecular Hbond substituents is 1. The molecule has 1 rings (SSSR count). The van der Waals surface area contributed by atoms with Gasteiger partial charge in [-0.25, -0.2) is 0 Å². The average Bonchev–Trinajstić information content (AvgIpc) is 2.36. The third-order valence-corrected chi connectivity index (χ3v) is 3.01. The van der Waals surface area contributed by atoms with E-state index < -0.39 is 22.3 Å². The standard InChI is InChI=1S/C12H16N2O4/c1-4-8(2)13(3)12(16)9-6-5-7-10(11(9)15)14(17)18/h5-8,15H,4H2,1-3H3. The molecular weight excluding hydrogens is 236 g/mol. The van der Waals surface area contributed by atoms with Crippen molar-refractivity contribution in [1.29, 1.82) is 0 Å². The lowest BCUT2D eigenvalue weighted by molar-refractivity contribution is -0.385. The average molecular weight is 252 g/mol.